The topological polar surface area (TPSA) is 38.3 Å². The monoisotopic (exact) mass is 397 g/mol. The summed E-state index contributed by atoms with van der Waals surface area (Å²) in [5, 5.41) is 2.78. The van der Waals surface area contributed by atoms with E-state index in [0.29, 0.717) is 6.54 Å². The van der Waals surface area contributed by atoms with Crippen molar-refractivity contribution in [2.24, 2.45) is 0 Å². The van der Waals surface area contributed by atoms with Crippen LogP contribution in [0.5, 0.6) is 0 Å². The van der Waals surface area contributed by atoms with Crippen LogP contribution in [0.25, 0.3) is 0 Å². The number of amides is 1. The molecule has 0 heterocycles. The second kappa shape index (κ2) is 10.0. The molecule has 26 heavy (non-hydrogen) atoms. The molecule has 0 aromatic rings. The van der Waals surface area contributed by atoms with Crippen LogP contribution >= 0.6 is 0 Å². The molecule has 152 valence electrons. The van der Waals surface area contributed by atoms with Crippen LogP contribution in [0.2, 0.25) is 37.3 Å². The quantitative estimate of drug-likeness (QED) is 0.177. The zero-order valence-electron chi connectivity index (χ0n) is 18.6. The molecule has 5 heteroatoms. The minimum Gasteiger partial charge on any atom is -0.414 e. The maximum atomic E-state index is 11.3. The molecule has 0 aliphatic heterocycles. The fourth-order valence-corrected chi connectivity index (χ4v) is 9.69. The van der Waals surface area contributed by atoms with Crippen LogP contribution in [0.1, 0.15) is 53.4 Å². The maximum Gasteiger partial charge on any atom is 0.243 e. The van der Waals surface area contributed by atoms with Gasteiger partial charge in [0.25, 0.3) is 0 Å². The molecule has 0 aliphatic carbocycles. The molecule has 0 rings (SSSR count). The van der Waals surface area contributed by atoms with Crippen molar-refractivity contribution in [2.45, 2.75) is 95.9 Å². The molecule has 1 amide bonds. The summed E-state index contributed by atoms with van der Waals surface area (Å²) in [7, 11) is -3.54. The number of hydrogen-bond acceptors (Lipinski definition) is 2. The smallest absolute Gasteiger partial charge is 0.243 e. The van der Waals surface area contributed by atoms with Crippen molar-refractivity contribution in [3.05, 3.63) is 25.3 Å². The molecular formula is C21H43NO2Si2. The molecule has 3 nitrogen and oxygen atoms in total. The Bertz CT molecular complexity index is 486. The molecule has 0 fully saturated rings. The summed E-state index contributed by atoms with van der Waals surface area (Å²) in [6.07, 6.45) is 7.83. The summed E-state index contributed by atoms with van der Waals surface area (Å²) >= 11 is 0. The number of allylic oxidation sites excluding steroid dienone is 1. The molecule has 0 saturated carbocycles. The van der Waals surface area contributed by atoms with E-state index in [9.17, 15) is 4.79 Å². The number of rotatable bonds is 13. The van der Waals surface area contributed by atoms with Crippen LogP contribution in [-0.4, -0.2) is 34.1 Å². The Hall–Kier alpha value is -0.656. The zero-order valence-corrected chi connectivity index (χ0v) is 20.6. The van der Waals surface area contributed by atoms with Gasteiger partial charge in [-0.3, -0.25) is 4.79 Å². The van der Waals surface area contributed by atoms with Crippen molar-refractivity contribution >= 4 is 22.3 Å². The summed E-state index contributed by atoms with van der Waals surface area (Å²) in [6, 6.07) is 1.30. The third-order valence-corrected chi connectivity index (χ3v) is 15.9. The SMILES string of the molecule is C=CC(=O)NCCCC(C)(C=C)[Si](C)(C)OC(C)(C)[Si](C)(C)CCCC. The van der Waals surface area contributed by atoms with E-state index in [0.717, 1.165) is 12.8 Å². The molecule has 1 atom stereocenters. The van der Waals surface area contributed by atoms with E-state index < -0.39 is 16.4 Å². The van der Waals surface area contributed by atoms with Gasteiger partial charge in [-0.05, 0) is 45.9 Å². The lowest BCUT2D eigenvalue weighted by molar-refractivity contribution is -0.116. The summed E-state index contributed by atoms with van der Waals surface area (Å²) in [5.41, 5.74) is 0. The second-order valence-electron chi connectivity index (χ2n) is 9.33. The van der Waals surface area contributed by atoms with Gasteiger partial charge in [-0.15, -0.1) is 6.58 Å². The van der Waals surface area contributed by atoms with Gasteiger partial charge in [-0.2, -0.15) is 0 Å². The Kier molecular flexibility index (Phi) is 9.79. The minimum atomic E-state index is -2.04. The molecule has 1 N–H and O–H groups in total. The van der Waals surface area contributed by atoms with Crippen LogP contribution in [0.15, 0.2) is 25.3 Å². The Morgan fingerprint density at radius 2 is 1.69 bits per heavy atom. The third-order valence-electron chi connectivity index (χ3n) is 6.48. The molecule has 0 aromatic carbocycles. The Labute approximate surface area is 164 Å². The highest BCUT2D eigenvalue weighted by molar-refractivity contribution is 6.82. The van der Waals surface area contributed by atoms with Crippen molar-refractivity contribution in [1.82, 2.24) is 5.32 Å². The first kappa shape index (κ1) is 25.3. The minimum absolute atomic E-state index is 0.0294. The Balaban J connectivity index is 5.12. The van der Waals surface area contributed by atoms with Crippen molar-refractivity contribution < 1.29 is 9.22 Å². The number of carbonyl (C=O) groups is 1. The molecule has 0 aromatic heterocycles. The van der Waals surface area contributed by atoms with Gasteiger partial charge in [0.15, 0.2) is 8.32 Å². The lowest BCUT2D eigenvalue weighted by Crippen LogP contribution is -2.59. The van der Waals surface area contributed by atoms with Crippen LogP contribution in [0, 0.1) is 0 Å². The standard InChI is InChI=1S/C21H43NO2Si2/c1-11-14-18-25(7,8)20(4,5)24-26(9,10)21(6,13-3)16-15-17-22-19(23)12-2/h12-13H,2-3,11,14-18H2,1,4-10H3,(H,22,23). The van der Waals surface area contributed by atoms with Crippen LogP contribution in [0.3, 0.4) is 0 Å². The molecule has 0 saturated heterocycles. The van der Waals surface area contributed by atoms with E-state index in [-0.39, 0.29) is 16.2 Å². The molecule has 1 unspecified atom stereocenters. The highest BCUT2D eigenvalue weighted by Gasteiger charge is 2.49. The van der Waals surface area contributed by atoms with Gasteiger partial charge >= 0.3 is 0 Å². The number of nitrogens with one attached hydrogen (secondary N) is 1. The summed E-state index contributed by atoms with van der Waals surface area (Å²) in [5.74, 6) is -0.108. The largest absolute Gasteiger partial charge is 0.414 e. The van der Waals surface area contributed by atoms with Crippen LogP contribution in [-0.2, 0) is 9.22 Å². The first-order valence-corrected chi connectivity index (χ1v) is 16.1. The average molecular weight is 398 g/mol. The first-order valence-electron chi connectivity index (χ1n) is 10.0. The zero-order chi connectivity index (χ0) is 20.6. The normalized spacial score (nSPS) is 15.2. The summed E-state index contributed by atoms with van der Waals surface area (Å²) < 4.78 is 6.97. The van der Waals surface area contributed by atoms with Gasteiger partial charge in [-0.1, -0.05) is 58.5 Å². The first-order chi connectivity index (χ1) is 11.8. The molecule has 0 radical (unpaired) electrons. The Morgan fingerprint density at radius 1 is 1.12 bits per heavy atom. The highest BCUT2D eigenvalue weighted by Crippen LogP contribution is 2.47. The highest BCUT2D eigenvalue weighted by atomic mass is 28.4. The second-order valence-corrected chi connectivity index (χ2v) is 19.2. The fraction of sp³-hybridized carbons (Fsp3) is 0.762. The van der Waals surface area contributed by atoms with Gasteiger partial charge in [0.1, 0.15) is 0 Å². The lowest BCUT2D eigenvalue weighted by atomic mass is 10.0. The molecule has 0 spiro atoms. The summed E-state index contributed by atoms with van der Waals surface area (Å²) in [6.45, 7) is 27.0. The number of hydrogen-bond donors (Lipinski definition) is 1. The van der Waals surface area contributed by atoms with Gasteiger partial charge < -0.3 is 9.74 Å². The molecular weight excluding hydrogens is 354 g/mol. The van der Waals surface area contributed by atoms with E-state index in [1.807, 2.05) is 0 Å². The van der Waals surface area contributed by atoms with E-state index in [1.54, 1.807) is 0 Å². The van der Waals surface area contributed by atoms with Gasteiger partial charge in [0.05, 0.1) is 8.07 Å². The predicted molar refractivity (Wildman–Crippen MR) is 121 cm³/mol. The Morgan fingerprint density at radius 3 is 2.15 bits per heavy atom. The van der Waals surface area contributed by atoms with E-state index in [4.69, 9.17) is 4.43 Å². The number of unbranched alkanes of at least 4 members (excludes halogenated alkanes) is 1. The molecule has 0 bridgehead atoms. The van der Waals surface area contributed by atoms with Crippen molar-refractivity contribution in [2.75, 3.05) is 6.54 Å². The molecule has 0 aliphatic rings. The van der Waals surface area contributed by atoms with E-state index in [1.165, 1.54) is 25.0 Å². The predicted octanol–water partition coefficient (Wildman–Crippen LogP) is 6.06. The van der Waals surface area contributed by atoms with E-state index in [2.05, 4.69) is 78.4 Å². The van der Waals surface area contributed by atoms with Crippen LogP contribution < -0.4 is 5.32 Å². The van der Waals surface area contributed by atoms with Crippen molar-refractivity contribution in [3.63, 3.8) is 0 Å². The van der Waals surface area contributed by atoms with E-state index >= 15 is 0 Å². The lowest BCUT2D eigenvalue weighted by Gasteiger charge is -2.50. The average Bonchev–Trinajstić information content (AvgIpc) is 2.54. The van der Waals surface area contributed by atoms with Gasteiger partial charge in [0, 0.05) is 16.8 Å². The van der Waals surface area contributed by atoms with Gasteiger partial charge in [-0.25, -0.2) is 0 Å². The van der Waals surface area contributed by atoms with Gasteiger partial charge in [0.2, 0.25) is 5.91 Å². The van der Waals surface area contributed by atoms with Crippen LogP contribution in [0.4, 0.5) is 0 Å². The maximum absolute atomic E-state index is 11.3. The number of carbonyl (C=O) groups excluding carboxylic acids is 1. The third kappa shape index (κ3) is 6.82. The summed E-state index contributed by atoms with van der Waals surface area (Å²) in [4.78, 5) is 11.3. The van der Waals surface area contributed by atoms with Crippen molar-refractivity contribution in [1.29, 1.82) is 0 Å². The fourth-order valence-electron chi connectivity index (χ4n) is 3.20. The van der Waals surface area contributed by atoms with Crippen molar-refractivity contribution in [3.8, 4) is 0 Å².